The van der Waals surface area contributed by atoms with Gasteiger partial charge in [-0.3, -0.25) is 4.90 Å². The zero-order valence-electron chi connectivity index (χ0n) is 16.1. The topological polar surface area (TPSA) is 38.8 Å². The molecule has 27 heavy (non-hydrogen) atoms. The predicted octanol–water partition coefficient (Wildman–Crippen LogP) is 3.96. The average molecular weight is 365 g/mol. The van der Waals surface area contributed by atoms with Crippen molar-refractivity contribution < 1.29 is 14.3 Å². The van der Waals surface area contributed by atoms with E-state index in [4.69, 9.17) is 9.47 Å². The molecule has 0 spiro atoms. The van der Waals surface area contributed by atoms with Crippen molar-refractivity contribution in [3.05, 3.63) is 71.3 Å². The third kappa shape index (κ3) is 4.98. The fraction of sp³-hybridized carbons (Fsp3) is 0.348. The highest BCUT2D eigenvalue weighted by Gasteiger charge is 2.25. The maximum atomic E-state index is 12.6. The number of hydrogen-bond donors (Lipinski definition) is 0. The van der Waals surface area contributed by atoms with Crippen molar-refractivity contribution in [2.45, 2.75) is 19.8 Å². The largest absolute Gasteiger partial charge is 0.497 e. The van der Waals surface area contributed by atoms with Crippen LogP contribution in [-0.4, -0.2) is 44.2 Å². The predicted molar refractivity (Wildman–Crippen MR) is 108 cm³/mol. The van der Waals surface area contributed by atoms with Crippen LogP contribution in [0, 0.1) is 0 Å². The van der Waals surface area contributed by atoms with Gasteiger partial charge in [0.1, 0.15) is 5.75 Å². The van der Waals surface area contributed by atoms with Crippen LogP contribution >= 0.6 is 0 Å². The quantitative estimate of drug-likeness (QED) is 0.696. The number of esters is 1. The molecule has 0 aliphatic carbocycles. The number of carbonyl (C=O) groups excluding carboxylic acids is 1. The summed E-state index contributed by atoms with van der Waals surface area (Å²) in [6, 6.07) is 18.3. The van der Waals surface area contributed by atoms with Crippen LogP contribution in [0.1, 0.15) is 24.5 Å². The Labute approximate surface area is 161 Å². The van der Waals surface area contributed by atoms with E-state index in [1.54, 1.807) is 7.11 Å². The Kier molecular flexibility index (Phi) is 6.66. The summed E-state index contributed by atoms with van der Waals surface area (Å²) in [4.78, 5) is 14.9. The van der Waals surface area contributed by atoms with Crippen molar-refractivity contribution >= 4 is 11.5 Å². The Bertz CT molecular complexity index is 781. The second kappa shape index (κ2) is 9.38. The van der Waals surface area contributed by atoms with Crippen molar-refractivity contribution in [1.82, 2.24) is 4.90 Å². The Morgan fingerprint density at radius 2 is 1.81 bits per heavy atom. The summed E-state index contributed by atoms with van der Waals surface area (Å²) in [5, 5.41) is 0. The molecule has 0 saturated carbocycles. The lowest BCUT2D eigenvalue weighted by Gasteiger charge is -2.30. The molecule has 0 amide bonds. The molecule has 0 unspecified atom stereocenters. The summed E-state index contributed by atoms with van der Waals surface area (Å²) in [5.74, 6) is 0.683. The summed E-state index contributed by atoms with van der Waals surface area (Å²) in [5.41, 5.74) is 4.31. The molecule has 2 aromatic rings. The van der Waals surface area contributed by atoms with Crippen molar-refractivity contribution in [2.24, 2.45) is 0 Å². The minimum absolute atomic E-state index is 0.189. The number of benzene rings is 2. The van der Waals surface area contributed by atoms with E-state index in [1.165, 1.54) is 5.56 Å². The SMILES string of the molecule is CCOC(=O)C1=C(c2ccccc2)CCN(CCc2ccc(OC)cc2)C1. The van der Waals surface area contributed by atoms with Crippen LogP contribution in [0.3, 0.4) is 0 Å². The van der Waals surface area contributed by atoms with Gasteiger partial charge in [0, 0.05) is 19.6 Å². The molecule has 0 atom stereocenters. The summed E-state index contributed by atoms with van der Waals surface area (Å²) >= 11 is 0. The Hall–Kier alpha value is -2.59. The van der Waals surface area contributed by atoms with Gasteiger partial charge in [0.05, 0.1) is 19.3 Å². The van der Waals surface area contributed by atoms with Crippen LogP contribution in [0.2, 0.25) is 0 Å². The smallest absolute Gasteiger partial charge is 0.335 e. The zero-order valence-corrected chi connectivity index (χ0v) is 16.1. The van der Waals surface area contributed by atoms with Crippen molar-refractivity contribution in [3.63, 3.8) is 0 Å². The molecular formula is C23H27NO3. The lowest BCUT2D eigenvalue weighted by molar-refractivity contribution is -0.138. The first-order chi connectivity index (χ1) is 13.2. The highest BCUT2D eigenvalue weighted by molar-refractivity contribution is 5.98. The van der Waals surface area contributed by atoms with E-state index in [0.29, 0.717) is 13.2 Å². The maximum absolute atomic E-state index is 12.6. The summed E-state index contributed by atoms with van der Waals surface area (Å²) < 4.78 is 10.5. The van der Waals surface area contributed by atoms with E-state index in [1.807, 2.05) is 37.3 Å². The highest BCUT2D eigenvalue weighted by atomic mass is 16.5. The lowest BCUT2D eigenvalue weighted by atomic mass is 9.93. The molecule has 0 bridgehead atoms. The molecule has 4 heteroatoms. The molecule has 0 fully saturated rings. The van der Waals surface area contributed by atoms with E-state index in [-0.39, 0.29) is 5.97 Å². The average Bonchev–Trinajstić information content (AvgIpc) is 2.73. The van der Waals surface area contributed by atoms with Crippen LogP contribution in [0.15, 0.2) is 60.2 Å². The van der Waals surface area contributed by atoms with Crippen molar-refractivity contribution in [3.8, 4) is 5.75 Å². The monoisotopic (exact) mass is 365 g/mol. The van der Waals surface area contributed by atoms with Crippen LogP contribution in [0.5, 0.6) is 5.75 Å². The normalized spacial score (nSPS) is 14.9. The molecule has 4 nitrogen and oxygen atoms in total. The van der Waals surface area contributed by atoms with Gasteiger partial charge in [0.15, 0.2) is 0 Å². The van der Waals surface area contributed by atoms with Crippen LogP contribution in [0.4, 0.5) is 0 Å². The van der Waals surface area contributed by atoms with Gasteiger partial charge < -0.3 is 9.47 Å². The number of methoxy groups -OCH3 is 1. The van der Waals surface area contributed by atoms with Gasteiger partial charge in [-0.25, -0.2) is 4.79 Å². The molecule has 142 valence electrons. The fourth-order valence-electron chi connectivity index (χ4n) is 3.45. The molecule has 2 aromatic carbocycles. The number of nitrogens with zero attached hydrogens (tertiary/aromatic N) is 1. The Morgan fingerprint density at radius 3 is 2.48 bits per heavy atom. The van der Waals surface area contributed by atoms with Gasteiger partial charge in [-0.05, 0) is 48.6 Å². The molecule has 1 heterocycles. The highest BCUT2D eigenvalue weighted by Crippen LogP contribution is 2.28. The van der Waals surface area contributed by atoms with Crippen LogP contribution < -0.4 is 4.74 Å². The zero-order chi connectivity index (χ0) is 19.1. The van der Waals surface area contributed by atoms with E-state index in [9.17, 15) is 4.79 Å². The van der Waals surface area contributed by atoms with Crippen LogP contribution in [-0.2, 0) is 16.0 Å². The van der Waals surface area contributed by atoms with Gasteiger partial charge >= 0.3 is 5.97 Å². The van der Waals surface area contributed by atoms with Crippen molar-refractivity contribution in [1.29, 1.82) is 0 Å². The van der Waals surface area contributed by atoms with Gasteiger partial charge in [0.25, 0.3) is 0 Å². The third-order valence-electron chi connectivity index (χ3n) is 4.94. The third-order valence-corrected chi connectivity index (χ3v) is 4.94. The standard InChI is InChI=1S/C23H27NO3/c1-3-27-23(25)22-17-24(15-13-18-9-11-20(26-2)12-10-18)16-14-21(22)19-7-5-4-6-8-19/h4-12H,3,13-17H2,1-2H3. The fourth-order valence-corrected chi connectivity index (χ4v) is 3.45. The lowest BCUT2D eigenvalue weighted by Crippen LogP contribution is -2.35. The van der Waals surface area contributed by atoms with Gasteiger partial charge in [-0.2, -0.15) is 0 Å². The first-order valence-electron chi connectivity index (χ1n) is 9.51. The second-order valence-electron chi connectivity index (χ2n) is 6.67. The molecule has 0 saturated heterocycles. The molecule has 0 radical (unpaired) electrons. The van der Waals surface area contributed by atoms with Gasteiger partial charge in [-0.1, -0.05) is 42.5 Å². The molecule has 1 aliphatic heterocycles. The summed E-state index contributed by atoms with van der Waals surface area (Å²) in [6.45, 7) is 4.75. The Balaban J connectivity index is 1.71. The van der Waals surface area contributed by atoms with E-state index >= 15 is 0 Å². The summed E-state index contributed by atoms with van der Waals surface area (Å²) in [6.07, 6.45) is 1.81. The molecule has 0 aromatic heterocycles. The molecule has 3 rings (SSSR count). The minimum atomic E-state index is -0.189. The number of carbonyl (C=O) groups is 1. The minimum Gasteiger partial charge on any atom is -0.497 e. The second-order valence-corrected chi connectivity index (χ2v) is 6.67. The van der Waals surface area contributed by atoms with E-state index in [0.717, 1.165) is 48.4 Å². The number of hydrogen-bond acceptors (Lipinski definition) is 4. The van der Waals surface area contributed by atoms with Gasteiger partial charge in [0.2, 0.25) is 0 Å². The number of rotatable bonds is 7. The van der Waals surface area contributed by atoms with Crippen molar-refractivity contribution in [2.75, 3.05) is 33.4 Å². The van der Waals surface area contributed by atoms with Crippen LogP contribution in [0.25, 0.3) is 5.57 Å². The van der Waals surface area contributed by atoms with Gasteiger partial charge in [-0.15, -0.1) is 0 Å². The first-order valence-corrected chi connectivity index (χ1v) is 9.51. The first kappa shape index (κ1) is 19.2. The number of ether oxygens (including phenoxy) is 2. The van der Waals surface area contributed by atoms with E-state index < -0.39 is 0 Å². The molecular weight excluding hydrogens is 338 g/mol. The Morgan fingerprint density at radius 1 is 1.07 bits per heavy atom. The maximum Gasteiger partial charge on any atom is 0.335 e. The summed E-state index contributed by atoms with van der Waals surface area (Å²) in [7, 11) is 1.68. The molecule has 0 N–H and O–H groups in total. The van der Waals surface area contributed by atoms with E-state index in [2.05, 4.69) is 29.2 Å². The molecule has 1 aliphatic rings.